The minimum absolute atomic E-state index is 0.216. The number of hydrogen-bond acceptors (Lipinski definition) is 3. The molecule has 0 saturated carbocycles. The molecule has 25 heavy (non-hydrogen) atoms. The van der Waals surface area contributed by atoms with Gasteiger partial charge in [-0.1, -0.05) is 12.1 Å². The van der Waals surface area contributed by atoms with Gasteiger partial charge in [0.05, 0.1) is 6.61 Å². The van der Waals surface area contributed by atoms with Crippen molar-refractivity contribution in [1.82, 2.24) is 10.8 Å². The molecule has 0 radical (unpaired) electrons. The number of hydrogen-bond donors (Lipinski definition) is 2. The quantitative estimate of drug-likeness (QED) is 0.474. The number of carbonyl (C=O) groups excluding carboxylic acids is 2. The van der Waals surface area contributed by atoms with Gasteiger partial charge < -0.3 is 5.32 Å². The maximum Gasteiger partial charge on any atom is 0.280 e. The highest BCUT2D eigenvalue weighted by Gasteiger charge is 2.18. The Hall–Kier alpha value is -2.94. The average Bonchev–Trinajstić information content (AvgIpc) is 2.54. The van der Waals surface area contributed by atoms with Gasteiger partial charge in [-0.3, -0.25) is 14.4 Å². The standard InChI is InChI=1S/C16H12F4N2O3/c17-9-3-1-4-10(18)13(9)15(23)21-7-8-25-22-16(24)14-11(19)5-2-6-12(14)20/h1-6H,7-8H2,(H,21,23)(H,22,24). The summed E-state index contributed by atoms with van der Waals surface area (Å²) in [5.41, 5.74) is 0.229. The van der Waals surface area contributed by atoms with Crippen molar-refractivity contribution in [2.45, 2.75) is 0 Å². The second-order valence-corrected chi connectivity index (χ2v) is 4.73. The fourth-order valence-corrected chi connectivity index (χ4v) is 1.90. The highest BCUT2D eigenvalue weighted by atomic mass is 19.1. The van der Waals surface area contributed by atoms with Gasteiger partial charge in [0.15, 0.2) is 0 Å². The van der Waals surface area contributed by atoms with E-state index in [9.17, 15) is 27.2 Å². The molecular weight excluding hydrogens is 344 g/mol. The predicted molar refractivity (Wildman–Crippen MR) is 78.5 cm³/mol. The third-order valence-electron chi connectivity index (χ3n) is 3.03. The van der Waals surface area contributed by atoms with Crippen LogP contribution < -0.4 is 10.8 Å². The largest absolute Gasteiger partial charge is 0.349 e. The first kappa shape index (κ1) is 18.4. The van der Waals surface area contributed by atoms with Gasteiger partial charge in [-0.05, 0) is 24.3 Å². The van der Waals surface area contributed by atoms with Crippen molar-refractivity contribution in [3.63, 3.8) is 0 Å². The van der Waals surface area contributed by atoms with Crippen LogP contribution in [-0.4, -0.2) is 25.0 Å². The summed E-state index contributed by atoms with van der Waals surface area (Å²) < 4.78 is 53.5. The van der Waals surface area contributed by atoms with Crippen molar-refractivity contribution in [3.05, 3.63) is 70.8 Å². The zero-order valence-electron chi connectivity index (χ0n) is 12.6. The molecule has 0 aromatic heterocycles. The zero-order chi connectivity index (χ0) is 18.4. The monoisotopic (exact) mass is 356 g/mol. The molecule has 2 rings (SSSR count). The summed E-state index contributed by atoms with van der Waals surface area (Å²) in [4.78, 5) is 27.9. The molecule has 0 heterocycles. The Morgan fingerprint density at radius 3 is 1.72 bits per heavy atom. The molecule has 0 atom stereocenters. The van der Waals surface area contributed by atoms with Crippen molar-refractivity contribution in [1.29, 1.82) is 0 Å². The lowest BCUT2D eigenvalue weighted by atomic mass is 10.2. The third kappa shape index (κ3) is 4.54. The van der Waals surface area contributed by atoms with Crippen LogP contribution in [0.15, 0.2) is 36.4 Å². The van der Waals surface area contributed by atoms with E-state index in [0.29, 0.717) is 0 Å². The molecule has 0 aliphatic rings. The fourth-order valence-electron chi connectivity index (χ4n) is 1.90. The molecule has 2 aromatic carbocycles. The van der Waals surface area contributed by atoms with E-state index in [0.717, 1.165) is 36.4 Å². The molecule has 0 aliphatic heterocycles. The van der Waals surface area contributed by atoms with Crippen LogP contribution in [0.4, 0.5) is 17.6 Å². The van der Waals surface area contributed by atoms with E-state index >= 15 is 0 Å². The number of hydroxylamine groups is 1. The number of nitrogens with one attached hydrogen (secondary N) is 2. The van der Waals surface area contributed by atoms with E-state index in [4.69, 9.17) is 0 Å². The summed E-state index contributed by atoms with van der Waals surface area (Å²) >= 11 is 0. The maximum absolute atomic E-state index is 13.4. The van der Waals surface area contributed by atoms with Crippen LogP contribution in [0.3, 0.4) is 0 Å². The number of rotatable bonds is 6. The lowest BCUT2D eigenvalue weighted by Crippen LogP contribution is -2.32. The molecule has 5 nitrogen and oxygen atoms in total. The first-order valence-electron chi connectivity index (χ1n) is 7.00. The second kappa shape index (κ2) is 8.25. The van der Waals surface area contributed by atoms with Crippen molar-refractivity contribution in [3.8, 4) is 0 Å². The van der Waals surface area contributed by atoms with Crippen LogP contribution in [0.2, 0.25) is 0 Å². The highest BCUT2D eigenvalue weighted by molar-refractivity contribution is 5.95. The molecule has 2 N–H and O–H groups in total. The Bertz CT molecular complexity index is 693. The molecule has 2 aromatic rings. The highest BCUT2D eigenvalue weighted by Crippen LogP contribution is 2.12. The van der Waals surface area contributed by atoms with Gasteiger partial charge in [-0.2, -0.15) is 0 Å². The van der Waals surface area contributed by atoms with Crippen molar-refractivity contribution >= 4 is 11.8 Å². The first-order valence-corrected chi connectivity index (χ1v) is 7.00. The summed E-state index contributed by atoms with van der Waals surface area (Å²) in [6.45, 7) is -0.518. The van der Waals surface area contributed by atoms with Crippen LogP contribution in [-0.2, 0) is 4.84 Å². The Morgan fingerprint density at radius 2 is 1.24 bits per heavy atom. The Kier molecular flexibility index (Phi) is 6.07. The topological polar surface area (TPSA) is 67.4 Å². The Morgan fingerprint density at radius 1 is 0.800 bits per heavy atom. The smallest absolute Gasteiger partial charge is 0.280 e. The molecule has 0 bridgehead atoms. The van der Waals surface area contributed by atoms with Gasteiger partial charge in [0.2, 0.25) is 0 Å². The summed E-state index contributed by atoms with van der Waals surface area (Å²) in [6, 6.07) is 5.87. The average molecular weight is 356 g/mol. The van der Waals surface area contributed by atoms with Crippen LogP contribution in [0.5, 0.6) is 0 Å². The SMILES string of the molecule is O=C(NCCONC(=O)c1c(F)cccc1F)c1c(F)cccc1F. The van der Waals surface area contributed by atoms with E-state index in [-0.39, 0.29) is 13.2 Å². The molecule has 0 aliphatic carbocycles. The number of carbonyl (C=O) groups is 2. The first-order chi connectivity index (χ1) is 11.9. The van der Waals surface area contributed by atoms with Crippen LogP contribution >= 0.6 is 0 Å². The van der Waals surface area contributed by atoms with Gasteiger partial charge in [0, 0.05) is 6.54 Å². The summed E-state index contributed by atoms with van der Waals surface area (Å²) in [5, 5.41) is 2.17. The second-order valence-electron chi connectivity index (χ2n) is 4.73. The lowest BCUT2D eigenvalue weighted by Gasteiger charge is -2.09. The minimum atomic E-state index is -1.15. The van der Waals surface area contributed by atoms with E-state index in [1.807, 2.05) is 0 Å². The summed E-state index contributed by atoms with van der Waals surface area (Å²) in [5.74, 6) is -6.34. The van der Waals surface area contributed by atoms with E-state index < -0.39 is 46.2 Å². The number of amides is 2. The minimum Gasteiger partial charge on any atom is -0.349 e. The molecule has 0 spiro atoms. The molecular formula is C16H12F4N2O3. The number of benzene rings is 2. The molecule has 0 saturated heterocycles. The van der Waals surface area contributed by atoms with Crippen molar-refractivity contribution in [2.24, 2.45) is 0 Å². The number of halogens is 4. The van der Waals surface area contributed by atoms with E-state index in [2.05, 4.69) is 10.2 Å². The summed E-state index contributed by atoms with van der Waals surface area (Å²) in [7, 11) is 0. The lowest BCUT2D eigenvalue weighted by molar-refractivity contribution is 0.0316. The van der Waals surface area contributed by atoms with Crippen LogP contribution in [0.1, 0.15) is 20.7 Å². The maximum atomic E-state index is 13.4. The predicted octanol–water partition coefficient (Wildman–Crippen LogP) is 2.33. The van der Waals surface area contributed by atoms with Gasteiger partial charge in [0.25, 0.3) is 11.8 Å². The normalized spacial score (nSPS) is 10.4. The van der Waals surface area contributed by atoms with Gasteiger partial charge >= 0.3 is 0 Å². The van der Waals surface area contributed by atoms with Crippen LogP contribution in [0, 0.1) is 23.3 Å². The van der Waals surface area contributed by atoms with Gasteiger partial charge in [0.1, 0.15) is 34.4 Å². The van der Waals surface area contributed by atoms with Gasteiger partial charge in [-0.25, -0.2) is 23.0 Å². The molecule has 0 unspecified atom stereocenters. The summed E-state index contributed by atoms with van der Waals surface area (Å²) in [6.07, 6.45) is 0. The molecule has 132 valence electrons. The Balaban J connectivity index is 1.80. The third-order valence-corrected chi connectivity index (χ3v) is 3.03. The molecule has 0 fully saturated rings. The van der Waals surface area contributed by atoms with Crippen molar-refractivity contribution in [2.75, 3.05) is 13.2 Å². The van der Waals surface area contributed by atoms with E-state index in [1.165, 1.54) is 0 Å². The Labute approximate surface area is 139 Å². The molecule has 9 heteroatoms. The zero-order valence-corrected chi connectivity index (χ0v) is 12.6. The fraction of sp³-hybridized carbons (Fsp3) is 0.125. The van der Waals surface area contributed by atoms with Gasteiger partial charge in [-0.15, -0.1) is 0 Å². The van der Waals surface area contributed by atoms with Crippen LogP contribution in [0.25, 0.3) is 0 Å². The molecule has 2 amide bonds. The van der Waals surface area contributed by atoms with E-state index in [1.54, 1.807) is 5.48 Å². The van der Waals surface area contributed by atoms with Crippen molar-refractivity contribution < 1.29 is 32.0 Å².